The molecule has 0 aliphatic heterocycles. The lowest BCUT2D eigenvalue weighted by Gasteiger charge is -2.26. The molecule has 0 amide bonds. The average Bonchev–Trinajstić information content (AvgIpc) is 2.29. The first-order chi connectivity index (χ1) is 7.67. The Morgan fingerprint density at radius 1 is 1.19 bits per heavy atom. The van der Waals surface area contributed by atoms with Crippen molar-refractivity contribution in [2.24, 2.45) is 0 Å². The normalized spacial score (nSPS) is 13.0. The maximum Gasteiger partial charge on any atom is 0.0314 e. The van der Waals surface area contributed by atoms with Crippen LogP contribution in [0.2, 0.25) is 0 Å². The third-order valence-electron chi connectivity index (χ3n) is 3.13. The van der Waals surface area contributed by atoms with E-state index in [2.05, 4.69) is 37.9 Å². The van der Waals surface area contributed by atoms with E-state index in [1.165, 1.54) is 24.8 Å². The molecule has 0 aromatic heterocycles. The van der Waals surface area contributed by atoms with Crippen LogP contribution in [0.15, 0.2) is 24.3 Å². The summed E-state index contributed by atoms with van der Waals surface area (Å²) in [4.78, 5) is 2.44. The maximum atomic E-state index is 5.68. The summed E-state index contributed by atoms with van der Waals surface area (Å²) in [7, 11) is 2.21. The van der Waals surface area contributed by atoms with Gasteiger partial charge in [-0.3, -0.25) is 4.90 Å². The molecule has 1 aromatic rings. The van der Waals surface area contributed by atoms with Crippen LogP contribution in [0.1, 0.15) is 38.7 Å². The van der Waals surface area contributed by atoms with E-state index in [4.69, 9.17) is 5.73 Å². The van der Waals surface area contributed by atoms with E-state index >= 15 is 0 Å². The van der Waals surface area contributed by atoms with Crippen molar-refractivity contribution in [3.8, 4) is 0 Å². The van der Waals surface area contributed by atoms with Gasteiger partial charge in [0.15, 0.2) is 0 Å². The van der Waals surface area contributed by atoms with Crippen molar-refractivity contribution in [3.63, 3.8) is 0 Å². The molecule has 0 fully saturated rings. The van der Waals surface area contributed by atoms with Gasteiger partial charge in [0.05, 0.1) is 0 Å². The van der Waals surface area contributed by atoms with E-state index in [0.717, 1.165) is 12.2 Å². The van der Waals surface area contributed by atoms with Gasteiger partial charge in [0.25, 0.3) is 0 Å². The summed E-state index contributed by atoms with van der Waals surface area (Å²) in [6.45, 7) is 5.53. The summed E-state index contributed by atoms with van der Waals surface area (Å²) in [5, 5.41) is 0. The second-order valence-electron chi connectivity index (χ2n) is 4.51. The van der Waals surface area contributed by atoms with Crippen molar-refractivity contribution in [2.75, 3.05) is 12.8 Å². The topological polar surface area (TPSA) is 29.3 Å². The molecule has 2 heteroatoms. The molecule has 16 heavy (non-hydrogen) atoms. The van der Waals surface area contributed by atoms with Gasteiger partial charge in [-0.15, -0.1) is 0 Å². The standard InChI is InChI=1S/C14H24N2/c1-4-6-14(5-2)16(3)11-12-7-9-13(15)10-8-12/h7-10,14H,4-6,11,15H2,1-3H3. The Morgan fingerprint density at radius 3 is 2.31 bits per heavy atom. The van der Waals surface area contributed by atoms with E-state index in [1.54, 1.807) is 0 Å². The summed E-state index contributed by atoms with van der Waals surface area (Å²) >= 11 is 0. The van der Waals surface area contributed by atoms with Crippen molar-refractivity contribution in [3.05, 3.63) is 29.8 Å². The molecule has 1 rings (SSSR count). The van der Waals surface area contributed by atoms with Crippen LogP contribution in [0.25, 0.3) is 0 Å². The molecule has 0 saturated heterocycles. The van der Waals surface area contributed by atoms with Gasteiger partial charge in [-0.1, -0.05) is 32.4 Å². The number of benzene rings is 1. The molecule has 0 aliphatic carbocycles. The Bertz CT molecular complexity index is 292. The minimum Gasteiger partial charge on any atom is -0.399 e. The van der Waals surface area contributed by atoms with Crippen molar-refractivity contribution in [1.29, 1.82) is 0 Å². The zero-order valence-corrected chi connectivity index (χ0v) is 10.7. The summed E-state index contributed by atoms with van der Waals surface area (Å²) in [5.74, 6) is 0. The second kappa shape index (κ2) is 6.54. The van der Waals surface area contributed by atoms with Gasteiger partial charge in [-0.2, -0.15) is 0 Å². The lowest BCUT2D eigenvalue weighted by molar-refractivity contribution is 0.215. The minimum absolute atomic E-state index is 0.697. The molecule has 2 N–H and O–H groups in total. The number of hydrogen-bond donors (Lipinski definition) is 1. The zero-order valence-electron chi connectivity index (χ0n) is 10.7. The highest BCUT2D eigenvalue weighted by atomic mass is 15.1. The SMILES string of the molecule is CCCC(CC)N(C)Cc1ccc(N)cc1. The first-order valence-electron chi connectivity index (χ1n) is 6.22. The third-order valence-corrected chi connectivity index (χ3v) is 3.13. The van der Waals surface area contributed by atoms with Crippen LogP contribution < -0.4 is 5.73 Å². The monoisotopic (exact) mass is 220 g/mol. The van der Waals surface area contributed by atoms with Gasteiger partial charge in [0.1, 0.15) is 0 Å². The molecule has 1 unspecified atom stereocenters. The molecular formula is C14H24N2. The number of rotatable bonds is 6. The van der Waals surface area contributed by atoms with Crippen LogP contribution >= 0.6 is 0 Å². The Kier molecular flexibility index (Phi) is 5.33. The fraction of sp³-hybridized carbons (Fsp3) is 0.571. The van der Waals surface area contributed by atoms with Crippen molar-refractivity contribution >= 4 is 5.69 Å². The van der Waals surface area contributed by atoms with Crippen LogP contribution in [0.4, 0.5) is 5.69 Å². The molecule has 0 saturated carbocycles. The van der Waals surface area contributed by atoms with E-state index in [-0.39, 0.29) is 0 Å². The molecule has 0 bridgehead atoms. The predicted octanol–water partition coefficient (Wildman–Crippen LogP) is 3.28. The highest BCUT2D eigenvalue weighted by molar-refractivity contribution is 5.39. The second-order valence-corrected chi connectivity index (χ2v) is 4.51. The van der Waals surface area contributed by atoms with Gasteiger partial charge in [0, 0.05) is 18.3 Å². The number of nitrogen functional groups attached to an aromatic ring is 1. The Balaban J connectivity index is 2.55. The number of hydrogen-bond acceptors (Lipinski definition) is 2. The smallest absolute Gasteiger partial charge is 0.0314 e. The molecule has 0 heterocycles. The number of nitrogens with zero attached hydrogens (tertiary/aromatic N) is 1. The summed E-state index contributed by atoms with van der Waals surface area (Å²) in [6, 6.07) is 8.88. The number of anilines is 1. The number of nitrogens with two attached hydrogens (primary N) is 1. The Morgan fingerprint density at radius 2 is 1.81 bits per heavy atom. The first-order valence-corrected chi connectivity index (χ1v) is 6.22. The van der Waals surface area contributed by atoms with Gasteiger partial charge in [0.2, 0.25) is 0 Å². The zero-order chi connectivity index (χ0) is 12.0. The van der Waals surface area contributed by atoms with E-state index in [9.17, 15) is 0 Å². The molecule has 90 valence electrons. The fourth-order valence-electron chi connectivity index (χ4n) is 2.11. The lowest BCUT2D eigenvalue weighted by atomic mass is 10.1. The molecule has 1 atom stereocenters. The van der Waals surface area contributed by atoms with Crippen molar-refractivity contribution < 1.29 is 0 Å². The summed E-state index contributed by atoms with van der Waals surface area (Å²) < 4.78 is 0. The van der Waals surface area contributed by atoms with Crippen LogP contribution in [-0.2, 0) is 6.54 Å². The predicted molar refractivity (Wildman–Crippen MR) is 71.3 cm³/mol. The molecular weight excluding hydrogens is 196 g/mol. The highest BCUT2D eigenvalue weighted by Gasteiger charge is 2.11. The van der Waals surface area contributed by atoms with Gasteiger partial charge < -0.3 is 5.73 Å². The molecule has 0 radical (unpaired) electrons. The Hall–Kier alpha value is -1.02. The van der Waals surface area contributed by atoms with E-state index in [1.807, 2.05) is 12.1 Å². The third kappa shape index (κ3) is 3.86. The van der Waals surface area contributed by atoms with Crippen LogP contribution in [-0.4, -0.2) is 18.0 Å². The first kappa shape index (κ1) is 13.0. The lowest BCUT2D eigenvalue weighted by Crippen LogP contribution is -2.30. The maximum absolute atomic E-state index is 5.68. The van der Waals surface area contributed by atoms with Crippen LogP contribution in [0.5, 0.6) is 0 Å². The summed E-state index contributed by atoms with van der Waals surface area (Å²) in [5.41, 5.74) is 7.86. The highest BCUT2D eigenvalue weighted by Crippen LogP contribution is 2.14. The van der Waals surface area contributed by atoms with Crippen molar-refractivity contribution in [1.82, 2.24) is 4.90 Å². The van der Waals surface area contributed by atoms with Crippen LogP contribution in [0, 0.1) is 0 Å². The largest absolute Gasteiger partial charge is 0.399 e. The summed E-state index contributed by atoms with van der Waals surface area (Å²) in [6.07, 6.45) is 3.76. The Labute approximate surface area is 99.5 Å². The molecule has 2 nitrogen and oxygen atoms in total. The van der Waals surface area contributed by atoms with Gasteiger partial charge in [-0.05, 0) is 37.6 Å². The molecule has 0 aliphatic rings. The minimum atomic E-state index is 0.697. The van der Waals surface area contributed by atoms with Crippen LogP contribution in [0.3, 0.4) is 0 Å². The van der Waals surface area contributed by atoms with E-state index < -0.39 is 0 Å². The van der Waals surface area contributed by atoms with Gasteiger partial charge >= 0.3 is 0 Å². The van der Waals surface area contributed by atoms with Crippen molar-refractivity contribution in [2.45, 2.75) is 45.7 Å². The molecule has 1 aromatic carbocycles. The van der Waals surface area contributed by atoms with E-state index in [0.29, 0.717) is 6.04 Å². The average molecular weight is 220 g/mol. The molecule has 0 spiro atoms. The quantitative estimate of drug-likeness (QED) is 0.745. The van der Waals surface area contributed by atoms with Gasteiger partial charge in [-0.25, -0.2) is 0 Å². The fourth-order valence-corrected chi connectivity index (χ4v) is 2.11.